The Balaban J connectivity index is 1.53. The summed E-state index contributed by atoms with van der Waals surface area (Å²) in [6.07, 6.45) is 18.9. The molecule has 158 valence electrons. The molecule has 8 atom stereocenters. The number of hydrogen-bond acceptors (Lipinski definition) is 1. The van der Waals surface area contributed by atoms with Gasteiger partial charge in [0.15, 0.2) is 0 Å². The first-order valence-electron chi connectivity index (χ1n) is 12.3. The highest BCUT2D eigenvalue weighted by atomic mass is 16.3. The second-order valence-corrected chi connectivity index (χ2v) is 11.8. The Morgan fingerprint density at radius 1 is 1.07 bits per heavy atom. The van der Waals surface area contributed by atoms with E-state index in [1.807, 2.05) is 0 Å². The summed E-state index contributed by atoms with van der Waals surface area (Å²) in [5.41, 5.74) is 2.53. The standard InChI is InChI=1S/C27H44O/c1-18(2)7-6-8-19(3)23-11-12-24-22-10-9-20-17-21(28)13-15-26(20,4)25(22)14-16-27(23,24)5/h6,8-9,18-19,21-25,28H,7,10-17H2,1-5H3/b8-6+/t19-,21-,22+,23+,24+,25+,26-,27+/m0/s1. The minimum absolute atomic E-state index is 0.0842. The molecule has 3 fully saturated rings. The average molecular weight is 385 g/mol. The highest BCUT2D eigenvalue weighted by Crippen LogP contribution is 2.67. The fourth-order valence-corrected chi connectivity index (χ4v) is 8.25. The predicted molar refractivity (Wildman–Crippen MR) is 119 cm³/mol. The minimum Gasteiger partial charge on any atom is -0.393 e. The van der Waals surface area contributed by atoms with Crippen molar-refractivity contribution in [2.24, 2.45) is 46.3 Å². The largest absolute Gasteiger partial charge is 0.393 e. The molecule has 4 rings (SSSR count). The first-order chi connectivity index (χ1) is 13.3. The molecule has 0 heterocycles. The van der Waals surface area contributed by atoms with E-state index in [0.717, 1.165) is 48.3 Å². The Bertz CT molecular complexity index is 630. The van der Waals surface area contributed by atoms with Crippen LogP contribution in [0.2, 0.25) is 0 Å². The van der Waals surface area contributed by atoms with Crippen LogP contribution in [0, 0.1) is 46.3 Å². The maximum Gasteiger partial charge on any atom is 0.0577 e. The van der Waals surface area contributed by atoms with Gasteiger partial charge >= 0.3 is 0 Å². The van der Waals surface area contributed by atoms with Gasteiger partial charge in [0, 0.05) is 0 Å². The molecule has 4 aliphatic rings. The van der Waals surface area contributed by atoms with E-state index in [1.54, 1.807) is 5.57 Å². The lowest BCUT2D eigenvalue weighted by Crippen LogP contribution is -2.50. The van der Waals surface area contributed by atoms with Gasteiger partial charge in [-0.1, -0.05) is 58.4 Å². The van der Waals surface area contributed by atoms with Gasteiger partial charge < -0.3 is 5.11 Å². The lowest BCUT2D eigenvalue weighted by molar-refractivity contribution is -0.0540. The van der Waals surface area contributed by atoms with Crippen molar-refractivity contribution >= 4 is 0 Å². The van der Waals surface area contributed by atoms with Gasteiger partial charge in [-0.25, -0.2) is 0 Å². The quantitative estimate of drug-likeness (QED) is 0.510. The maximum atomic E-state index is 10.2. The molecule has 0 radical (unpaired) electrons. The summed E-state index contributed by atoms with van der Waals surface area (Å²) in [6, 6.07) is 0. The Morgan fingerprint density at radius 2 is 1.86 bits per heavy atom. The molecule has 0 spiro atoms. The van der Waals surface area contributed by atoms with Crippen molar-refractivity contribution in [1.82, 2.24) is 0 Å². The molecule has 4 aliphatic carbocycles. The number of fused-ring (bicyclic) bond motifs is 5. The van der Waals surface area contributed by atoms with E-state index >= 15 is 0 Å². The predicted octanol–water partition coefficient (Wildman–Crippen LogP) is 7.16. The van der Waals surface area contributed by atoms with Crippen LogP contribution in [-0.2, 0) is 0 Å². The van der Waals surface area contributed by atoms with Crippen molar-refractivity contribution in [3.63, 3.8) is 0 Å². The maximum absolute atomic E-state index is 10.2. The third-order valence-electron chi connectivity index (χ3n) is 9.83. The van der Waals surface area contributed by atoms with Crippen LogP contribution >= 0.6 is 0 Å². The summed E-state index contributed by atoms with van der Waals surface area (Å²) in [7, 11) is 0. The third-order valence-corrected chi connectivity index (χ3v) is 9.83. The second kappa shape index (κ2) is 7.60. The third kappa shape index (κ3) is 3.34. The molecule has 0 aromatic heterocycles. The highest BCUT2D eigenvalue weighted by molar-refractivity contribution is 5.25. The van der Waals surface area contributed by atoms with Crippen LogP contribution in [0.5, 0.6) is 0 Å². The molecule has 1 nitrogen and oxygen atoms in total. The fourth-order valence-electron chi connectivity index (χ4n) is 8.25. The highest BCUT2D eigenvalue weighted by Gasteiger charge is 2.58. The van der Waals surface area contributed by atoms with Crippen LogP contribution < -0.4 is 0 Å². The molecule has 0 aliphatic heterocycles. The zero-order chi connectivity index (χ0) is 20.1. The van der Waals surface area contributed by atoms with Crippen molar-refractivity contribution in [1.29, 1.82) is 0 Å². The topological polar surface area (TPSA) is 20.2 Å². The summed E-state index contributed by atoms with van der Waals surface area (Å²) in [5, 5.41) is 10.2. The van der Waals surface area contributed by atoms with E-state index < -0.39 is 0 Å². The SMILES string of the molecule is CC(C)C/C=C/[C@H](C)[C@H]1CC[C@@H]2[C@H]3CC=C4C[C@@H](O)CC[C@]4(C)[C@@H]3CC[C@@]21C. The minimum atomic E-state index is -0.0842. The molecule has 0 saturated heterocycles. The lowest BCUT2D eigenvalue weighted by Gasteiger charge is -2.58. The average Bonchev–Trinajstić information content (AvgIpc) is 2.99. The van der Waals surface area contributed by atoms with Gasteiger partial charge in [0.25, 0.3) is 0 Å². The van der Waals surface area contributed by atoms with Gasteiger partial charge in [0.05, 0.1) is 6.10 Å². The van der Waals surface area contributed by atoms with Crippen LogP contribution in [0.15, 0.2) is 23.8 Å². The van der Waals surface area contributed by atoms with E-state index in [0.29, 0.717) is 10.8 Å². The fraction of sp³-hybridized carbons (Fsp3) is 0.852. The van der Waals surface area contributed by atoms with Crippen LogP contribution in [-0.4, -0.2) is 11.2 Å². The molecule has 0 aromatic rings. The molecule has 28 heavy (non-hydrogen) atoms. The zero-order valence-corrected chi connectivity index (χ0v) is 19.1. The molecule has 0 amide bonds. The second-order valence-electron chi connectivity index (χ2n) is 11.8. The Kier molecular flexibility index (Phi) is 5.62. The molecular weight excluding hydrogens is 340 g/mol. The van der Waals surface area contributed by atoms with E-state index in [4.69, 9.17) is 0 Å². The number of aliphatic hydroxyl groups is 1. The number of aliphatic hydroxyl groups excluding tert-OH is 1. The summed E-state index contributed by atoms with van der Waals surface area (Å²) in [4.78, 5) is 0. The van der Waals surface area contributed by atoms with Gasteiger partial charge in [-0.3, -0.25) is 0 Å². The van der Waals surface area contributed by atoms with Crippen LogP contribution in [0.3, 0.4) is 0 Å². The number of rotatable bonds is 4. The Hall–Kier alpha value is -0.560. The monoisotopic (exact) mass is 384 g/mol. The van der Waals surface area contributed by atoms with Crippen molar-refractivity contribution in [3.8, 4) is 0 Å². The van der Waals surface area contributed by atoms with E-state index in [-0.39, 0.29) is 6.10 Å². The summed E-state index contributed by atoms with van der Waals surface area (Å²) >= 11 is 0. The van der Waals surface area contributed by atoms with Crippen LogP contribution in [0.4, 0.5) is 0 Å². The van der Waals surface area contributed by atoms with Gasteiger partial charge in [0.2, 0.25) is 0 Å². The van der Waals surface area contributed by atoms with Crippen molar-refractivity contribution in [3.05, 3.63) is 23.8 Å². The van der Waals surface area contributed by atoms with Gasteiger partial charge in [-0.15, -0.1) is 0 Å². The van der Waals surface area contributed by atoms with Crippen molar-refractivity contribution in [2.45, 2.75) is 98.5 Å². The number of hydrogen-bond donors (Lipinski definition) is 1. The van der Waals surface area contributed by atoms with E-state index in [1.165, 1.54) is 44.9 Å². The summed E-state index contributed by atoms with van der Waals surface area (Å²) in [6.45, 7) is 12.3. The summed E-state index contributed by atoms with van der Waals surface area (Å²) in [5.74, 6) is 5.03. The normalized spacial score (nSPS) is 46.8. The van der Waals surface area contributed by atoms with Gasteiger partial charge in [-0.2, -0.15) is 0 Å². The zero-order valence-electron chi connectivity index (χ0n) is 19.1. The van der Waals surface area contributed by atoms with Crippen LogP contribution in [0.1, 0.15) is 92.4 Å². The molecule has 1 heteroatoms. The van der Waals surface area contributed by atoms with Gasteiger partial charge in [-0.05, 0) is 104 Å². The lowest BCUT2D eigenvalue weighted by atomic mass is 9.47. The van der Waals surface area contributed by atoms with Crippen molar-refractivity contribution < 1.29 is 5.11 Å². The number of allylic oxidation sites excluding steroid dienone is 3. The smallest absolute Gasteiger partial charge is 0.0577 e. The first kappa shape index (κ1) is 20.7. The Morgan fingerprint density at radius 3 is 2.61 bits per heavy atom. The molecule has 0 bridgehead atoms. The molecule has 0 unspecified atom stereocenters. The first-order valence-corrected chi connectivity index (χ1v) is 12.3. The van der Waals surface area contributed by atoms with E-state index in [2.05, 4.69) is 52.8 Å². The van der Waals surface area contributed by atoms with Crippen molar-refractivity contribution in [2.75, 3.05) is 0 Å². The van der Waals surface area contributed by atoms with Gasteiger partial charge in [0.1, 0.15) is 0 Å². The molecule has 3 saturated carbocycles. The molecule has 0 aromatic carbocycles. The molecular formula is C27H44O. The Labute approximate surface area is 174 Å². The van der Waals surface area contributed by atoms with Crippen LogP contribution in [0.25, 0.3) is 0 Å². The molecule has 1 N–H and O–H groups in total. The summed E-state index contributed by atoms with van der Waals surface area (Å²) < 4.78 is 0. The van der Waals surface area contributed by atoms with E-state index in [9.17, 15) is 5.11 Å².